The number of nitrogens with zero attached hydrogens (tertiary/aromatic N) is 1. The number of thiophene rings is 1. The molecule has 0 N–H and O–H groups in total. The highest BCUT2D eigenvalue weighted by Crippen LogP contribution is 2.25. The predicted octanol–water partition coefficient (Wildman–Crippen LogP) is 3.70. The van der Waals surface area contributed by atoms with Crippen LogP contribution in [0.4, 0.5) is 0 Å². The molecule has 5 heteroatoms. The third kappa shape index (κ3) is 2.82. The van der Waals surface area contributed by atoms with Crippen molar-refractivity contribution in [1.29, 1.82) is 5.26 Å². The maximum absolute atomic E-state index is 12.4. The van der Waals surface area contributed by atoms with Crippen molar-refractivity contribution in [3.05, 3.63) is 56.6 Å². The standard InChI is InChI=1S/C15H13NO2S2/c1-11-3-5-13(6-4-11)20(17,18)14(10-16)9-15-12(2)7-8-19-15/h3-9H,1-2H3/b14-9-. The fraction of sp³-hybridized carbons (Fsp3) is 0.133. The Labute approximate surface area is 122 Å². The Kier molecular flexibility index (Phi) is 4.07. The van der Waals surface area contributed by atoms with Crippen LogP contribution in [0.5, 0.6) is 0 Å². The van der Waals surface area contributed by atoms with Gasteiger partial charge in [-0.2, -0.15) is 5.26 Å². The van der Waals surface area contributed by atoms with Gasteiger partial charge in [0, 0.05) is 4.88 Å². The van der Waals surface area contributed by atoms with E-state index in [-0.39, 0.29) is 9.80 Å². The van der Waals surface area contributed by atoms with E-state index in [9.17, 15) is 13.7 Å². The molecule has 0 atom stereocenters. The van der Waals surface area contributed by atoms with Crippen LogP contribution >= 0.6 is 11.3 Å². The van der Waals surface area contributed by atoms with Crippen LogP contribution in [0.3, 0.4) is 0 Å². The minimum absolute atomic E-state index is 0.144. The van der Waals surface area contributed by atoms with Crippen molar-refractivity contribution in [3.8, 4) is 6.07 Å². The lowest BCUT2D eigenvalue weighted by Gasteiger charge is -2.03. The molecule has 0 spiro atoms. The Hall–Kier alpha value is -1.90. The fourth-order valence-corrected chi connectivity index (χ4v) is 3.74. The molecule has 1 aromatic heterocycles. The maximum atomic E-state index is 12.4. The van der Waals surface area contributed by atoms with Crippen LogP contribution < -0.4 is 0 Å². The third-order valence-electron chi connectivity index (χ3n) is 2.89. The van der Waals surface area contributed by atoms with Crippen LogP contribution in [0, 0.1) is 25.2 Å². The monoisotopic (exact) mass is 303 g/mol. The smallest absolute Gasteiger partial charge is 0.216 e. The normalized spacial score (nSPS) is 12.2. The summed E-state index contributed by atoms with van der Waals surface area (Å²) in [5.41, 5.74) is 1.93. The zero-order valence-corrected chi connectivity index (χ0v) is 12.8. The molecule has 0 bridgehead atoms. The molecule has 0 fully saturated rings. The molecule has 102 valence electrons. The summed E-state index contributed by atoms with van der Waals surface area (Å²) in [5.74, 6) is 0. The average molecular weight is 303 g/mol. The molecule has 0 saturated heterocycles. The van der Waals surface area contributed by atoms with Crippen LogP contribution in [-0.4, -0.2) is 8.42 Å². The topological polar surface area (TPSA) is 57.9 Å². The van der Waals surface area contributed by atoms with Gasteiger partial charge in [-0.25, -0.2) is 8.42 Å². The highest BCUT2D eigenvalue weighted by molar-refractivity contribution is 7.95. The summed E-state index contributed by atoms with van der Waals surface area (Å²) in [4.78, 5) is 0.703. The molecule has 0 unspecified atom stereocenters. The molecule has 0 aliphatic carbocycles. The van der Waals surface area contributed by atoms with E-state index in [1.807, 2.05) is 25.3 Å². The van der Waals surface area contributed by atoms with Gasteiger partial charge in [0.15, 0.2) is 4.91 Å². The van der Waals surface area contributed by atoms with E-state index in [0.717, 1.165) is 16.0 Å². The highest BCUT2D eigenvalue weighted by Gasteiger charge is 2.21. The number of hydrogen-bond donors (Lipinski definition) is 0. The van der Waals surface area contributed by atoms with E-state index in [4.69, 9.17) is 0 Å². The van der Waals surface area contributed by atoms with Gasteiger partial charge in [-0.05, 0) is 49.1 Å². The van der Waals surface area contributed by atoms with Crippen LogP contribution in [-0.2, 0) is 9.84 Å². The van der Waals surface area contributed by atoms with E-state index >= 15 is 0 Å². The van der Waals surface area contributed by atoms with Crippen LogP contribution in [0.25, 0.3) is 6.08 Å². The Bertz CT molecular complexity index is 791. The van der Waals surface area contributed by atoms with E-state index in [2.05, 4.69) is 0 Å². The summed E-state index contributed by atoms with van der Waals surface area (Å²) in [6, 6.07) is 10.2. The summed E-state index contributed by atoms with van der Waals surface area (Å²) in [6.45, 7) is 3.77. The number of allylic oxidation sites excluding steroid dienone is 1. The number of nitriles is 1. The summed E-state index contributed by atoms with van der Waals surface area (Å²) < 4.78 is 24.9. The molecule has 1 heterocycles. The second-order valence-corrected chi connectivity index (χ2v) is 7.27. The zero-order valence-electron chi connectivity index (χ0n) is 11.1. The highest BCUT2D eigenvalue weighted by atomic mass is 32.2. The quantitative estimate of drug-likeness (QED) is 0.812. The number of rotatable bonds is 3. The van der Waals surface area contributed by atoms with Gasteiger partial charge in [0.2, 0.25) is 9.84 Å². The maximum Gasteiger partial charge on any atom is 0.216 e. The van der Waals surface area contributed by atoms with Gasteiger partial charge in [-0.15, -0.1) is 11.3 Å². The Balaban J connectivity index is 2.52. The second kappa shape index (κ2) is 5.61. The lowest BCUT2D eigenvalue weighted by atomic mass is 10.2. The molecule has 0 amide bonds. The second-order valence-electron chi connectivity index (χ2n) is 4.40. The molecule has 1 aromatic carbocycles. The molecule has 2 aromatic rings. The Morgan fingerprint density at radius 3 is 2.35 bits per heavy atom. The van der Waals surface area contributed by atoms with Gasteiger partial charge in [0.25, 0.3) is 0 Å². The average Bonchev–Trinajstić information content (AvgIpc) is 2.81. The Morgan fingerprint density at radius 1 is 1.20 bits per heavy atom. The largest absolute Gasteiger partial charge is 0.218 e. The fourth-order valence-electron chi connectivity index (χ4n) is 1.67. The SMILES string of the molecule is Cc1ccc(S(=O)(=O)/C(C#N)=C\c2sccc2C)cc1. The summed E-state index contributed by atoms with van der Waals surface area (Å²) in [7, 11) is -3.75. The Morgan fingerprint density at radius 2 is 1.85 bits per heavy atom. The molecule has 0 radical (unpaired) electrons. The van der Waals surface area contributed by atoms with E-state index < -0.39 is 9.84 Å². The van der Waals surface area contributed by atoms with Gasteiger partial charge in [-0.3, -0.25) is 0 Å². The van der Waals surface area contributed by atoms with Crippen LogP contribution in [0.2, 0.25) is 0 Å². The van der Waals surface area contributed by atoms with Crippen LogP contribution in [0.15, 0.2) is 45.5 Å². The van der Waals surface area contributed by atoms with Crippen LogP contribution in [0.1, 0.15) is 16.0 Å². The number of hydrogen-bond acceptors (Lipinski definition) is 4. The molecule has 0 saturated carbocycles. The van der Waals surface area contributed by atoms with Gasteiger partial charge < -0.3 is 0 Å². The van der Waals surface area contributed by atoms with Crippen molar-refractivity contribution >= 4 is 27.3 Å². The molecule has 0 aliphatic rings. The molecular formula is C15H13NO2S2. The summed E-state index contributed by atoms with van der Waals surface area (Å²) in [6.07, 6.45) is 1.44. The van der Waals surface area contributed by atoms with Gasteiger partial charge in [-0.1, -0.05) is 17.7 Å². The van der Waals surface area contributed by atoms with Crippen molar-refractivity contribution in [3.63, 3.8) is 0 Å². The van der Waals surface area contributed by atoms with Gasteiger partial charge >= 0.3 is 0 Å². The molecule has 20 heavy (non-hydrogen) atoms. The lowest BCUT2D eigenvalue weighted by molar-refractivity contribution is 0.603. The van der Waals surface area contributed by atoms with E-state index in [1.165, 1.54) is 29.5 Å². The van der Waals surface area contributed by atoms with Crippen molar-refractivity contribution < 1.29 is 8.42 Å². The first-order valence-corrected chi connectivity index (χ1v) is 8.29. The summed E-state index contributed by atoms with van der Waals surface area (Å²) >= 11 is 1.42. The first-order valence-electron chi connectivity index (χ1n) is 5.93. The zero-order chi connectivity index (χ0) is 14.8. The minimum atomic E-state index is -3.75. The molecule has 3 nitrogen and oxygen atoms in total. The van der Waals surface area contributed by atoms with Crippen molar-refractivity contribution in [2.45, 2.75) is 18.7 Å². The molecule has 0 aliphatic heterocycles. The van der Waals surface area contributed by atoms with Crippen molar-refractivity contribution in [2.75, 3.05) is 0 Å². The third-order valence-corrected chi connectivity index (χ3v) is 5.54. The number of benzene rings is 1. The number of aryl methyl sites for hydroxylation is 2. The summed E-state index contributed by atoms with van der Waals surface area (Å²) in [5, 5.41) is 11.0. The lowest BCUT2D eigenvalue weighted by Crippen LogP contribution is -2.03. The molecule has 2 rings (SSSR count). The number of sulfone groups is 1. The predicted molar refractivity (Wildman–Crippen MR) is 81.0 cm³/mol. The van der Waals surface area contributed by atoms with E-state index in [0.29, 0.717) is 0 Å². The first kappa shape index (κ1) is 14.5. The minimum Gasteiger partial charge on any atom is -0.218 e. The molecular weight excluding hydrogens is 290 g/mol. The van der Waals surface area contributed by atoms with Crippen molar-refractivity contribution in [1.82, 2.24) is 0 Å². The first-order chi connectivity index (χ1) is 9.45. The van der Waals surface area contributed by atoms with Gasteiger partial charge in [0.05, 0.1) is 4.90 Å². The van der Waals surface area contributed by atoms with E-state index in [1.54, 1.807) is 18.2 Å². The van der Waals surface area contributed by atoms with Gasteiger partial charge in [0.1, 0.15) is 6.07 Å². The van der Waals surface area contributed by atoms with Crippen molar-refractivity contribution in [2.24, 2.45) is 0 Å².